The Hall–Kier alpha value is -2.41. The summed E-state index contributed by atoms with van der Waals surface area (Å²) in [6, 6.07) is 10.0. The van der Waals surface area contributed by atoms with E-state index in [0.717, 1.165) is 17.1 Å². The first kappa shape index (κ1) is 18.4. The molecule has 2 heterocycles. The Morgan fingerprint density at radius 2 is 2.12 bits per heavy atom. The van der Waals surface area contributed by atoms with Crippen LogP contribution in [0.4, 0.5) is 5.13 Å². The van der Waals surface area contributed by atoms with Gasteiger partial charge in [-0.15, -0.1) is 11.3 Å². The van der Waals surface area contributed by atoms with E-state index in [9.17, 15) is 9.59 Å². The van der Waals surface area contributed by atoms with E-state index in [4.69, 9.17) is 0 Å². The highest BCUT2D eigenvalue weighted by Gasteiger charge is 2.31. The van der Waals surface area contributed by atoms with Crippen LogP contribution < -0.4 is 5.32 Å². The van der Waals surface area contributed by atoms with Gasteiger partial charge in [0, 0.05) is 44.5 Å². The van der Waals surface area contributed by atoms with Gasteiger partial charge in [0.25, 0.3) is 5.91 Å². The Balaban J connectivity index is 1.76. The topological polar surface area (TPSA) is 65.5 Å². The summed E-state index contributed by atoms with van der Waals surface area (Å²) in [6.45, 7) is 3.62. The summed E-state index contributed by atoms with van der Waals surface area (Å²) in [5.74, 6) is 0.000700. The third-order valence-electron chi connectivity index (χ3n) is 4.68. The van der Waals surface area contributed by atoms with Crippen molar-refractivity contribution in [2.24, 2.45) is 0 Å². The lowest BCUT2D eigenvalue weighted by Gasteiger charge is -2.31. The van der Waals surface area contributed by atoms with Crippen LogP contribution in [0.3, 0.4) is 0 Å². The van der Waals surface area contributed by atoms with Gasteiger partial charge in [0.2, 0.25) is 5.91 Å². The number of nitrogens with one attached hydrogen (secondary N) is 1. The third-order valence-corrected chi connectivity index (χ3v) is 5.54. The standard InChI is InChI=1S/C19H24N4O2S/c1-3-15-12-22(18(25)16-13-26-19(20-2)21-16)10-9-17(24)23(15)11-14-7-5-4-6-8-14/h4-8,13,15H,3,9-12H2,1-2H3,(H,20,21)/t15-/m1/s1. The minimum atomic E-state index is -0.101. The van der Waals surface area contributed by atoms with Gasteiger partial charge in [-0.2, -0.15) is 0 Å². The number of rotatable bonds is 5. The molecule has 6 nitrogen and oxygen atoms in total. The zero-order valence-corrected chi connectivity index (χ0v) is 16.0. The van der Waals surface area contributed by atoms with Crippen molar-refractivity contribution in [1.29, 1.82) is 0 Å². The molecule has 0 bridgehead atoms. The molecule has 1 aliphatic heterocycles. The molecule has 1 atom stereocenters. The summed E-state index contributed by atoms with van der Waals surface area (Å²) in [5, 5.41) is 5.44. The Bertz CT molecular complexity index is 762. The molecule has 1 aromatic carbocycles. The first-order valence-electron chi connectivity index (χ1n) is 8.88. The average Bonchev–Trinajstić information content (AvgIpc) is 3.10. The van der Waals surface area contributed by atoms with Gasteiger partial charge in [-0.05, 0) is 12.0 Å². The predicted octanol–water partition coefficient (Wildman–Crippen LogP) is 2.84. The average molecular weight is 372 g/mol. The number of benzene rings is 1. The molecule has 0 spiro atoms. The van der Waals surface area contributed by atoms with E-state index in [2.05, 4.69) is 17.2 Å². The summed E-state index contributed by atoms with van der Waals surface area (Å²) in [4.78, 5) is 33.5. The van der Waals surface area contributed by atoms with Gasteiger partial charge in [0.15, 0.2) is 5.13 Å². The van der Waals surface area contributed by atoms with Gasteiger partial charge >= 0.3 is 0 Å². The van der Waals surface area contributed by atoms with Gasteiger partial charge in [0.1, 0.15) is 5.69 Å². The van der Waals surface area contributed by atoms with Crippen LogP contribution in [0.2, 0.25) is 0 Å². The number of hydrogen-bond acceptors (Lipinski definition) is 5. The fourth-order valence-electron chi connectivity index (χ4n) is 3.20. The van der Waals surface area contributed by atoms with Crippen molar-refractivity contribution in [3.05, 3.63) is 47.0 Å². The Kier molecular flexibility index (Phi) is 5.88. The number of nitrogens with zero attached hydrogens (tertiary/aromatic N) is 3. The first-order valence-corrected chi connectivity index (χ1v) is 9.76. The zero-order valence-electron chi connectivity index (χ0n) is 15.1. The first-order chi connectivity index (χ1) is 12.6. The fourth-order valence-corrected chi connectivity index (χ4v) is 3.85. The molecule has 7 heteroatoms. The largest absolute Gasteiger partial charge is 0.365 e. The van der Waals surface area contributed by atoms with Gasteiger partial charge in [-0.25, -0.2) is 4.98 Å². The molecule has 0 unspecified atom stereocenters. The maximum Gasteiger partial charge on any atom is 0.273 e. The molecule has 0 aliphatic carbocycles. The monoisotopic (exact) mass is 372 g/mol. The second-order valence-electron chi connectivity index (χ2n) is 6.36. The number of aromatic nitrogens is 1. The SMILES string of the molecule is CC[C@@H]1CN(C(=O)c2csc(NC)n2)CCC(=O)N1Cc1ccccc1. The van der Waals surface area contributed by atoms with E-state index < -0.39 is 0 Å². The van der Waals surface area contributed by atoms with Crippen LogP contribution in [0, 0.1) is 0 Å². The van der Waals surface area contributed by atoms with Crippen molar-refractivity contribution in [2.75, 3.05) is 25.5 Å². The normalized spacial score (nSPS) is 17.9. The van der Waals surface area contributed by atoms with E-state index in [1.54, 1.807) is 17.3 Å². The van der Waals surface area contributed by atoms with Crippen LogP contribution in [-0.2, 0) is 11.3 Å². The molecular weight excluding hydrogens is 348 g/mol. The summed E-state index contributed by atoms with van der Waals surface area (Å²) in [5.41, 5.74) is 1.55. The van der Waals surface area contributed by atoms with Crippen LogP contribution in [0.5, 0.6) is 0 Å². The smallest absolute Gasteiger partial charge is 0.273 e. The van der Waals surface area contributed by atoms with Gasteiger partial charge in [-0.1, -0.05) is 37.3 Å². The Morgan fingerprint density at radius 1 is 1.35 bits per heavy atom. The molecular formula is C19H24N4O2S. The van der Waals surface area contributed by atoms with Gasteiger partial charge < -0.3 is 15.1 Å². The number of thiazole rings is 1. The second-order valence-corrected chi connectivity index (χ2v) is 7.22. The molecule has 1 N–H and O–H groups in total. The zero-order chi connectivity index (χ0) is 18.5. The minimum Gasteiger partial charge on any atom is -0.365 e. The molecule has 1 fully saturated rings. The number of anilines is 1. The summed E-state index contributed by atoms with van der Waals surface area (Å²) in [6.07, 6.45) is 1.15. The summed E-state index contributed by atoms with van der Waals surface area (Å²) in [7, 11) is 1.78. The van der Waals surface area contributed by atoms with Crippen molar-refractivity contribution < 1.29 is 9.59 Å². The van der Waals surface area contributed by atoms with Gasteiger partial charge in [-0.3, -0.25) is 9.59 Å². The van der Waals surface area contributed by atoms with Crippen molar-refractivity contribution in [1.82, 2.24) is 14.8 Å². The molecule has 0 saturated carbocycles. The molecule has 138 valence electrons. The quantitative estimate of drug-likeness (QED) is 0.876. The number of carbonyl (C=O) groups is 2. The molecule has 26 heavy (non-hydrogen) atoms. The van der Waals surface area contributed by atoms with Crippen LogP contribution in [-0.4, -0.2) is 52.8 Å². The fraction of sp³-hybridized carbons (Fsp3) is 0.421. The predicted molar refractivity (Wildman–Crippen MR) is 103 cm³/mol. The van der Waals surface area contributed by atoms with Crippen molar-refractivity contribution in [2.45, 2.75) is 32.4 Å². The van der Waals surface area contributed by atoms with E-state index in [-0.39, 0.29) is 17.9 Å². The lowest BCUT2D eigenvalue weighted by Crippen LogP contribution is -2.43. The minimum absolute atomic E-state index is 0.0107. The molecule has 2 amide bonds. The Labute approximate surface area is 157 Å². The van der Waals surface area contributed by atoms with Crippen LogP contribution in [0.25, 0.3) is 0 Å². The van der Waals surface area contributed by atoms with Crippen molar-refractivity contribution >= 4 is 28.3 Å². The molecule has 3 rings (SSSR count). The highest BCUT2D eigenvalue weighted by atomic mass is 32.1. The number of hydrogen-bond donors (Lipinski definition) is 1. The summed E-state index contributed by atoms with van der Waals surface area (Å²) < 4.78 is 0. The number of carbonyl (C=O) groups excluding carboxylic acids is 2. The maximum absolute atomic E-state index is 12.8. The third kappa shape index (κ3) is 4.04. The second kappa shape index (κ2) is 8.31. The number of amides is 2. The van der Waals surface area contributed by atoms with Gasteiger partial charge in [0.05, 0.1) is 0 Å². The molecule has 1 aromatic heterocycles. The van der Waals surface area contributed by atoms with Crippen molar-refractivity contribution in [3.63, 3.8) is 0 Å². The van der Waals surface area contributed by atoms with Crippen LogP contribution in [0.1, 0.15) is 35.8 Å². The molecule has 1 aliphatic rings. The molecule has 1 saturated heterocycles. The lowest BCUT2D eigenvalue weighted by atomic mass is 10.1. The molecule has 0 radical (unpaired) electrons. The summed E-state index contributed by atoms with van der Waals surface area (Å²) >= 11 is 1.41. The van der Waals surface area contributed by atoms with E-state index in [1.165, 1.54) is 11.3 Å². The maximum atomic E-state index is 12.8. The van der Waals surface area contributed by atoms with E-state index in [0.29, 0.717) is 31.7 Å². The highest BCUT2D eigenvalue weighted by Crippen LogP contribution is 2.21. The lowest BCUT2D eigenvalue weighted by molar-refractivity contribution is -0.133. The molecule has 2 aromatic rings. The van der Waals surface area contributed by atoms with E-state index >= 15 is 0 Å². The van der Waals surface area contributed by atoms with Crippen LogP contribution in [0.15, 0.2) is 35.7 Å². The van der Waals surface area contributed by atoms with Crippen LogP contribution >= 0.6 is 11.3 Å². The van der Waals surface area contributed by atoms with E-state index in [1.807, 2.05) is 35.2 Å². The highest BCUT2D eigenvalue weighted by molar-refractivity contribution is 7.13. The Morgan fingerprint density at radius 3 is 2.77 bits per heavy atom. The van der Waals surface area contributed by atoms with Crippen molar-refractivity contribution in [3.8, 4) is 0 Å².